The minimum atomic E-state index is -0.938. The van der Waals surface area contributed by atoms with Gasteiger partial charge in [-0.3, -0.25) is 4.79 Å². The van der Waals surface area contributed by atoms with Crippen molar-refractivity contribution in [1.82, 2.24) is 0 Å². The summed E-state index contributed by atoms with van der Waals surface area (Å²) in [7, 11) is 0. The molecule has 0 bridgehead atoms. The topological polar surface area (TPSA) is 57.5 Å². The van der Waals surface area contributed by atoms with Crippen molar-refractivity contribution in [3.05, 3.63) is 29.8 Å². The molecule has 0 radical (unpaired) electrons. The SMILES string of the molecule is O=C1CCC(O)(c2cccc(O)c2)CC1. The lowest BCUT2D eigenvalue weighted by atomic mass is 9.79. The summed E-state index contributed by atoms with van der Waals surface area (Å²) in [6.45, 7) is 0. The molecule has 0 saturated heterocycles. The van der Waals surface area contributed by atoms with Gasteiger partial charge in [-0.2, -0.15) is 0 Å². The van der Waals surface area contributed by atoms with E-state index in [1.165, 1.54) is 0 Å². The van der Waals surface area contributed by atoms with E-state index in [-0.39, 0.29) is 11.5 Å². The Morgan fingerprint density at radius 3 is 2.47 bits per heavy atom. The molecule has 1 aliphatic carbocycles. The summed E-state index contributed by atoms with van der Waals surface area (Å²) in [4.78, 5) is 11.1. The number of hydrogen-bond donors (Lipinski definition) is 2. The molecule has 3 nitrogen and oxygen atoms in total. The maximum atomic E-state index is 11.1. The van der Waals surface area contributed by atoms with E-state index in [0.29, 0.717) is 31.2 Å². The van der Waals surface area contributed by atoms with E-state index in [1.807, 2.05) is 0 Å². The predicted octanol–water partition coefficient (Wildman–Crippen LogP) is 1.72. The Kier molecular flexibility index (Phi) is 2.49. The van der Waals surface area contributed by atoms with Crippen LogP contribution in [-0.4, -0.2) is 16.0 Å². The van der Waals surface area contributed by atoms with Gasteiger partial charge in [-0.15, -0.1) is 0 Å². The molecule has 2 N–H and O–H groups in total. The average molecular weight is 206 g/mol. The van der Waals surface area contributed by atoms with Gasteiger partial charge in [0.05, 0.1) is 5.60 Å². The van der Waals surface area contributed by atoms with Crippen molar-refractivity contribution < 1.29 is 15.0 Å². The van der Waals surface area contributed by atoms with E-state index in [4.69, 9.17) is 0 Å². The van der Waals surface area contributed by atoms with Crippen LogP contribution >= 0.6 is 0 Å². The Labute approximate surface area is 88.4 Å². The molecule has 0 aromatic heterocycles. The molecule has 0 atom stereocenters. The number of phenolic OH excluding ortho intramolecular Hbond substituents is 1. The molecule has 0 heterocycles. The van der Waals surface area contributed by atoms with Crippen molar-refractivity contribution in [2.75, 3.05) is 0 Å². The number of aromatic hydroxyl groups is 1. The molecule has 1 saturated carbocycles. The number of aliphatic hydroxyl groups is 1. The number of rotatable bonds is 1. The third-order valence-electron chi connectivity index (χ3n) is 3.02. The van der Waals surface area contributed by atoms with Crippen molar-refractivity contribution in [2.24, 2.45) is 0 Å². The van der Waals surface area contributed by atoms with E-state index < -0.39 is 5.60 Å². The molecule has 1 aromatic carbocycles. The van der Waals surface area contributed by atoms with Crippen molar-refractivity contribution >= 4 is 5.78 Å². The second kappa shape index (κ2) is 3.66. The molecule has 0 unspecified atom stereocenters. The smallest absolute Gasteiger partial charge is 0.133 e. The van der Waals surface area contributed by atoms with Gasteiger partial charge in [-0.1, -0.05) is 12.1 Å². The lowest BCUT2D eigenvalue weighted by Gasteiger charge is -2.31. The lowest BCUT2D eigenvalue weighted by Crippen LogP contribution is -2.31. The fourth-order valence-electron chi connectivity index (χ4n) is 2.03. The molecule has 15 heavy (non-hydrogen) atoms. The van der Waals surface area contributed by atoms with E-state index in [2.05, 4.69) is 0 Å². The molecule has 1 aromatic rings. The van der Waals surface area contributed by atoms with Crippen molar-refractivity contribution in [3.8, 4) is 5.75 Å². The maximum Gasteiger partial charge on any atom is 0.133 e. The van der Waals surface area contributed by atoms with Crippen LogP contribution < -0.4 is 0 Å². The number of benzene rings is 1. The van der Waals surface area contributed by atoms with E-state index in [1.54, 1.807) is 24.3 Å². The van der Waals surface area contributed by atoms with Gasteiger partial charge >= 0.3 is 0 Å². The van der Waals surface area contributed by atoms with Crippen LogP contribution in [0.5, 0.6) is 5.75 Å². The van der Waals surface area contributed by atoms with Crippen molar-refractivity contribution in [1.29, 1.82) is 0 Å². The molecule has 2 rings (SSSR count). The first kappa shape index (κ1) is 10.2. The van der Waals surface area contributed by atoms with Crippen molar-refractivity contribution in [2.45, 2.75) is 31.3 Å². The van der Waals surface area contributed by atoms with Gasteiger partial charge in [-0.05, 0) is 30.5 Å². The second-order valence-corrected chi connectivity index (χ2v) is 4.12. The Morgan fingerprint density at radius 1 is 1.20 bits per heavy atom. The largest absolute Gasteiger partial charge is 0.508 e. The number of hydrogen-bond acceptors (Lipinski definition) is 3. The Hall–Kier alpha value is -1.35. The third kappa shape index (κ3) is 2.02. The molecule has 3 heteroatoms. The standard InChI is InChI=1S/C12H14O3/c13-10-4-6-12(15,7-5-10)9-2-1-3-11(14)8-9/h1-3,8,14-15H,4-7H2. The second-order valence-electron chi connectivity index (χ2n) is 4.12. The molecule has 0 spiro atoms. The molecule has 1 aliphatic rings. The average Bonchev–Trinajstić information content (AvgIpc) is 2.23. The van der Waals surface area contributed by atoms with E-state index in [9.17, 15) is 15.0 Å². The highest BCUT2D eigenvalue weighted by molar-refractivity contribution is 5.79. The zero-order valence-corrected chi connectivity index (χ0v) is 8.44. The normalized spacial score (nSPS) is 20.2. The highest BCUT2D eigenvalue weighted by Crippen LogP contribution is 2.36. The molecular weight excluding hydrogens is 192 g/mol. The van der Waals surface area contributed by atoms with Crippen LogP contribution in [0, 0.1) is 0 Å². The van der Waals surface area contributed by atoms with Gasteiger partial charge in [0.1, 0.15) is 11.5 Å². The Bertz CT molecular complexity index is 374. The summed E-state index contributed by atoms with van der Waals surface area (Å²) in [5.41, 5.74) is -0.234. The van der Waals surface area contributed by atoms with Crippen LogP contribution in [0.25, 0.3) is 0 Å². The van der Waals surface area contributed by atoms with Crippen LogP contribution in [0.1, 0.15) is 31.2 Å². The minimum Gasteiger partial charge on any atom is -0.508 e. The summed E-state index contributed by atoms with van der Waals surface area (Å²) in [5.74, 6) is 0.359. The van der Waals surface area contributed by atoms with Gasteiger partial charge in [0.25, 0.3) is 0 Å². The van der Waals surface area contributed by atoms with Crippen LogP contribution in [0.15, 0.2) is 24.3 Å². The van der Waals surface area contributed by atoms with Gasteiger partial charge in [-0.25, -0.2) is 0 Å². The third-order valence-corrected chi connectivity index (χ3v) is 3.02. The monoisotopic (exact) mass is 206 g/mol. The van der Waals surface area contributed by atoms with Gasteiger partial charge in [0.2, 0.25) is 0 Å². The van der Waals surface area contributed by atoms with Gasteiger partial charge in [0.15, 0.2) is 0 Å². The maximum absolute atomic E-state index is 11.1. The minimum absolute atomic E-state index is 0.151. The number of phenols is 1. The van der Waals surface area contributed by atoms with Crippen LogP contribution in [0.3, 0.4) is 0 Å². The van der Waals surface area contributed by atoms with Crippen LogP contribution in [0.4, 0.5) is 0 Å². The first-order valence-corrected chi connectivity index (χ1v) is 5.14. The lowest BCUT2D eigenvalue weighted by molar-refractivity contribution is -0.125. The molecular formula is C12H14O3. The zero-order valence-electron chi connectivity index (χ0n) is 8.44. The van der Waals surface area contributed by atoms with Crippen LogP contribution in [0.2, 0.25) is 0 Å². The number of Topliss-reactive ketones (excluding diaryl/α,β-unsaturated/α-hetero) is 1. The summed E-state index contributed by atoms with van der Waals surface area (Å²) < 4.78 is 0. The van der Waals surface area contributed by atoms with Gasteiger partial charge < -0.3 is 10.2 Å². The molecule has 1 fully saturated rings. The van der Waals surface area contributed by atoms with E-state index in [0.717, 1.165) is 0 Å². The highest BCUT2D eigenvalue weighted by atomic mass is 16.3. The van der Waals surface area contributed by atoms with Crippen LogP contribution in [-0.2, 0) is 10.4 Å². The Morgan fingerprint density at radius 2 is 1.87 bits per heavy atom. The Balaban J connectivity index is 2.25. The summed E-state index contributed by atoms with van der Waals surface area (Å²) in [5, 5.41) is 19.7. The molecule has 0 amide bonds. The first-order chi connectivity index (χ1) is 7.10. The number of ketones is 1. The fourth-order valence-corrected chi connectivity index (χ4v) is 2.03. The number of carbonyl (C=O) groups is 1. The highest BCUT2D eigenvalue weighted by Gasteiger charge is 2.34. The number of carbonyl (C=O) groups excluding carboxylic acids is 1. The summed E-state index contributed by atoms with van der Waals surface area (Å²) in [6.07, 6.45) is 1.75. The fraction of sp³-hybridized carbons (Fsp3) is 0.417. The summed E-state index contributed by atoms with van der Waals surface area (Å²) >= 11 is 0. The zero-order chi connectivity index (χ0) is 10.9. The quantitative estimate of drug-likeness (QED) is 0.735. The van der Waals surface area contributed by atoms with Gasteiger partial charge in [0, 0.05) is 12.8 Å². The van der Waals surface area contributed by atoms with Crippen molar-refractivity contribution in [3.63, 3.8) is 0 Å². The first-order valence-electron chi connectivity index (χ1n) is 5.14. The predicted molar refractivity (Wildman–Crippen MR) is 55.5 cm³/mol. The molecule has 0 aliphatic heterocycles. The van der Waals surface area contributed by atoms with E-state index >= 15 is 0 Å². The molecule has 80 valence electrons. The summed E-state index contributed by atoms with van der Waals surface area (Å²) in [6, 6.07) is 6.63.